The molecule has 5 aliphatic rings. The second-order valence-electron chi connectivity index (χ2n) is 10.4. The molecule has 8 heteroatoms. The average Bonchev–Trinajstić information content (AvgIpc) is 3.15. The number of hydrogen-bond acceptors (Lipinski definition) is 7. The van der Waals surface area contributed by atoms with Crippen molar-refractivity contribution in [2.45, 2.75) is 75.3 Å². The van der Waals surface area contributed by atoms with E-state index in [1.54, 1.807) is 0 Å². The minimum atomic E-state index is -1.46. The summed E-state index contributed by atoms with van der Waals surface area (Å²) in [6.45, 7) is 4.15. The maximum Gasteiger partial charge on any atom is 0.229 e. The summed E-state index contributed by atoms with van der Waals surface area (Å²) >= 11 is 0. The summed E-state index contributed by atoms with van der Waals surface area (Å²) < 4.78 is 11.4. The fraction of sp³-hybridized carbons (Fsp3) is 0.680. The lowest BCUT2D eigenvalue weighted by atomic mass is 9.65. The molecule has 4 fully saturated rings. The number of ether oxygens (including phenoxy) is 2. The van der Waals surface area contributed by atoms with Crippen LogP contribution in [-0.2, 0) is 11.2 Å². The Labute approximate surface area is 193 Å². The highest BCUT2D eigenvalue weighted by Gasteiger charge is 2.49. The number of H-pyrrole nitrogens is 1. The first-order valence-electron chi connectivity index (χ1n) is 12.3. The molecule has 8 nitrogen and oxygen atoms in total. The molecule has 1 aromatic heterocycles. The number of rotatable bonds is 4. The van der Waals surface area contributed by atoms with Crippen molar-refractivity contribution in [2.75, 3.05) is 19.7 Å². The second-order valence-corrected chi connectivity index (χ2v) is 10.4. The minimum Gasteiger partial charge on any atom is -0.462 e. The fourth-order valence-corrected chi connectivity index (χ4v) is 7.04. The highest BCUT2D eigenvalue weighted by molar-refractivity contribution is 5.86. The van der Waals surface area contributed by atoms with Gasteiger partial charge >= 0.3 is 0 Å². The van der Waals surface area contributed by atoms with Crippen LogP contribution >= 0.6 is 0 Å². The van der Waals surface area contributed by atoms with Crippen molar-refractivity contribution in [2.24, 2.45) is 11.8 Å². The normalized spacial score (nSPS) is 42.2. The molecule has 7 rings (SSSR count). The summed E-state index contributed by atoms with van der Waals surface area (Å²) in [5, 5.41) is 41.0. The number of piperidine rings is 2. The topological polar surface area (TPSA) is 118 Å². The summed E-state index contributed by atoms with van der Waals surface area (Å²) in [4.78, 5) is 6.47. The van der Waals surface area contributed by atoms with Crippen molar-refractivity contribution in [3.8, 4) is 5.75 Å². The summed E-state index contributed by atoms with van der Waals surface area (Å²) in [5.74, 6) is 2.62. The molecule has 0 radical (unpaired) electrons. The van der Waals surface area contributed by atoms with Crippen molar-refractivity contribution in [1.82, 2.24) is 9.88 Å². The molecule has 4 bridgehead atoms. The van der Waals surface area contributed by atoms with Gasteiger partial charge in [-0.15, -0.1) is 0 Å². The van der Waals surface area contributed by atoms with Crippen molar-refractivity contribution >= 4 is 10.9 Å². The zero-order valence-electron chi connectivity index (χ0n) is 18.9. The van der Waals surface area contributed by atoms with Crippen LogP contribution in [0.15, 0.2) is 18.2 Å². The van der Waals surface area contributed by atoms with Crippen molar-refractivity contribution < 1.29 is 29.9 Å². The monoisotopic (exact) mass is 458 g/mol. The zero-order valence-corrected chi connectivity index (χ0v) is 18.9. The first-order chi connectivity index (χ1) is 16.0. The first-order valence-corrected chi connectivity index (χ1v) is 12.3. The third-order valence-corrected chi connectivity index (χ3v) is 8.59. The molecule has 33 heavy (non-hydrogen) atoms. The average molecular weight is 459 g/mol. The Kier molecular flexibility index (Phi) is 5.44. The number of hydrogen-bond donors (Lipinski definition) is 5. The molecule has 0 amide bonds. The molecule has 5 N–H and O–H groups in total. The van der Waals surface area contributed by atoms with E-state index in [1.807, 2.05) is 18.2 Å². The Balaban J connectivity index is 1.31. The lowest BCUT2D eigenvalue weighted by Gasteiger charge is -2.53. The predicted molar refractivity (Wildman–Crippen MR) is 121 cm³/mol. The SMILES string of the molecule is CC[C@H]1C[C@@H]2C[C@H]3c4[nH]c5ccc(OC6OC(CO)C(O)C(O)C6O)cc5c4CCN(C2)[C@@H]13. The van der Waals surface area contributed by atoms with E-state index in [0.717, 1.165) is 35.7 Å². The second kappa shape index (κ2) is 8.22. The number of aliphatic hydroxyl groups is 4. The van der Waals surface area contributed by atoms with Crippen LogP contribution in [0.1, 0.15) is 43.4 Å². The van der Waals surface area contributed by atoms with Gasteiger partial charge in [-0.05, 0) is 54.9 Å². The van der Waals surface area contributed by atoms with Gasteiger partial charge in [0, 0.05) is 41.6 Å². The van der Waals surface area contributed by atoms with Gasteiger partial charge < -0.3 is 34.9 Å². The van der Waals surface area contributed by atoms with E-state index < -0.39 is 37.3 Å². The Hall–Kier alpha value is -1.68. The molecule has 1 saturated carbocycles. The van der Waals surface area contributed by atoms with E-state index in [4.69, 9.17) is 9.47 Å². The molecule has 0 spiro atoms. The maximum absolute atomic E-state index is 10.3. The summed E-state index contributed by atoms with van der Waals surface area (Å²) in [5.41, 5.74) is 3.83. The summed E-state index contributed by atoms with van der Waals surface area (Å²) in [6, 6.07) is 6.43. The van der Waals surface area contributed by atoms with E-state index in [0.29, 0.717) is 17.7 Å². The molecule has 1 aromatic carbocycles. The van der Waals surface area contributed by atoms with Gasteiger partial charge in [-0.2, -0.15) is 0 Å². The third-order valence-electron chi connectivity index (χ3n) is 8.59. The van der Waals surface area contributed by atoms with E-state index in [1.165, 1.54) is 37.1 Å². The molecule has 4 aliphatic heterocycles. The lowest BCUT2D eigenvalue weighted by Crippen LogP contribution is -2.60. The van der Waals surface area contributed by atoms with Gasteiger partial charge in [0.25, 0.3) is 0 Å². The Morgan fingerprint density at radius 1 is 1.15 bits per heavy atom. The highest BCUT2D eigenvalue weighted by atomic mass is 16.7. The van der Waals surface area contributed by atoms with Gasteiger partial charge in [-0.1, -0.05) is 13.3 Å². The molecule has 3 saturated heterocycles. The quantitative estimate of drug-likeness (QED) is 0.466. The number of benzene rings is 1. The number of aliphatic hydroxyl groups excluding tert-OH is 4. The van der Waals surface area contributed by atoms with Crippen LogP contribution in [0.3, 0.4) is 0 Å². The van der Waals surface area contributed by atoms with Gasteiger partial charge in [-0.3, -0.25) is 4.90 Å². The summed E-state index contributed by atoms with van der Waals surface area (Å²) in [7, 11) is 0. The van der Waals surface area contributed by atoms with Crippen molar-refractivity contribution in [1.29, 1.82) is 0 Å². The van der Waals surface area contributed by atoms with E-state index in [-0.39, 0.29) is 0 Å². The number of aromatic amines is 1. The van der Waals surface area contributed by atoms with Gasteiger partial charge in [-0.25, -0.2) is 0 Å². The van der Waals surface area contributed by atoms with Crippen LogP contribution in [0.4, 0.5) is 0 Å². The van der Waals surface area contributed by atoms with Crippen molar-refractivity contribution in [3.63, 3.8) is 0 Å². The van der Waals surface area contributed by atoms with Crippen LogP contribution in [0.2, 0.25) is 0 Å². The zero-order chi connectivity index (χ0) is 22.9. The molecular formula is C25H34N2O6. The Bertz CT molecular complexity index is 1020. The van der Waals surface area contributed by atoms with E-state index in [9.17, 15) is 20.4 Å². The van der Waals surface area contributed by atoms with E-state index in [2.05, 4.69) is 16.8 Å². The van der Waals surface area contributed by atoms with Gasteiger partial charge in [0.1, 0.15) is 30.2 Å². The molecule has 1 aliphatic carbocycles. The molecular weight excluding hydrogens is 424 g/mol. The number of nitrogens with one attached hydrogen (secondary N) is 1. The summed E-state index contributed by atoms with van der Waals surface area (Å²) in [6.07, 6.45) is -1.59. The number of fused-ring (bicyclic) bond motifs is 4. The molecule has 5 heterocycles. The van der Waals surface area contributed by atoms with Crippen LogP contribution in [0.25, 0.3) is 10.9 Å². The van der Waals surface area contributed by atoms with Crippen LogP contribution in [0.5, 0.6) is 5.75 Å². The van der Waals surface area contributed by atoms with Gasteiger partial charge in [0.05, 0.1) is 6.61 Å². The molecule has 6 unspecified atom stereocenters. The largest absolute Gasteiger partial charge is 0.462 e. The van der Waals surface area contributed by atoms with Gasteiger partial charge in [0.15, 0.2) is 0 Å². The van der Waals surface area contributed by atoms with E-state index >= 15 is 0 Å². The molecule has 10 atom stereocenters. The predicted octanol–water partition coefficient (Wildman–Crippen LogP) is 1.11. The molecule has 2 aromatic rings. The third kappa shape index (κ3) is 3.42. The van der Waals surface area contributed by atoms with Crippen LogP contribution in [-0.4, -0.2) is 86.8 Å². The molecule has 180 valence electrons. The standard InChI is InChI=1S/C25H34N2O6/c1-2-13-7-12-8-17-20-15(5-6-27(10-12)21(13)17)16-9-14(3-4-18(16)26-20)32-25-24(31)23(30)22(29)19(11-28)33-25/h3-4,9,12-13,17,19,21-26,28-31H,2,5-8,10-11H2,1H3/t12-,13+,17+,19?,21+,22?,23?,24?,25?/m1/s1. The van der Waals surface area contributed by atoms with Crippen molar-refractivity contribution in [3.05, 3.63) is 29.5 Å². The fourth-order valence-electron chi connectivity index (χ4n) is 7.04. The lowest BCUT2D eigenvalue weighted by molar-refractivity contribution is -0.277. The highest BCUT2D eigenvalue weighted by Crippen LogP contribution is 2.51. The number of aromatic nitrogens is 1. The minimum absolute atomic E-state index is 0.478. The number of nitrogens with zero attached hydrogens (tertiary/aromatic N) is 1. The van der Waals surface area contributed by atoms with Crippen LogP contribution < -0.4 is 4.74 Å². The smallest absolute Gasteiger partial charge is 0.229 e. The first kappa shape index (κ1) is 21.8. The Morgan fingerprint density at radius 2 is 2.00 bits per heavy atom. The van der Waals surface area contributed by atoms with Crippen LogP contribution in [0, 0.1) is 11.8 Å². The Morgan fingerprint density at radius 3 is 2.79 bits per heavy atom. The van der Waals surface area contributed by atoms with Gasteiger partial charge in [0.2, 0.25) is 6.29 Å². The maximum atomic E-state index is 10.3.